The van der Waals surface area contributed by atoms with E-state index < -0.39 is 29.6 Å². The molecule has 0 radical (unpaired) electrons. The first-order chi connectivity index (χ1) is 17.6. The number of amides is 2. The standard InChI is InChI=1S/C27H25F3N2O5/c1-32-24(15-5-11-18(35-2)12-6-15)23(19-13-21(36-3)22(37-4)14-20(19)26(32)34)25(33)31-17-9-7-16(8-10-17)27(28,29)30/h5-14,23-24H,1-4H3,(H,31,33)/t23-,24-/m0/s1. The summed E-state index contributed by atoms with van der Waals surface area (Å²) in [6, 6.07) is 13.5. The number of carbonyl (C=O) groups is 2. The van der Waals surface area contributed by atoms with Crippen LogP contribution in [0.2, 0.25) is 0 Å². The normalized spacial score (nSPS) is 17.2. The van der Waals surface area contributed by atoms with Crippen LogP contribution in [0.15, 0.2) is 60.7 Å². The number of benzene rings is 3. The van der Waals surface area contributed by atoms with Crippen molar-refractivity contribution >= 4 is 17.5 Å². The molecule has 10 heteroatoms. The molecule has 1 N–H and O–H groups in total. The number of rotatable bonds is 6. The molecule has 1 heterocycles. The van der Waals surface area contributed by atoms with Crippen molar-refractivity contribution in [2.24, 2.45) is 0 Å². The number of fused-ring (bicyclic) bond motifs is 1. The van der Waals surface area contributed by atoms with Gasteiger partial charge < -0.3 is 24.4 Å². The van der Waals surface area contributed by atoms with Gasteiger partial charge in [0.15, 0.2) is 11.5 Å². The Balaban J connectivity index is 1.82. The first-order valence-corrected chi connectivity index (χ1v) is 11.2. The molecular formula is C27H25F3N2O5. The Bertz CT molecular complexity index is 1310. The molecular weight excluding hydrogens is 489 g/mol. The Labute approximate surface area is 211 Å². The predicted octanol–water partition coefficient (Wildman–Crippen LogP) is 5.28. The van der Waals surface area contributed by atoms with E-state index in [1.165, 1.54) is 44.4 Å². The van der Waals surface area contributed by atoms with Crippen LogP contribution in [0.3, 0.4) is 0 Å². The number of ether oxygens (including phenoxy) is 3. The van der Waals surface area contributed by atoms with Crippen LogP contribution in [0.4, 0.5) is 18.9 Å². The number of methoxy groups -OCH3 is 3. The molecule has 1 aliphatic heterocycles. The number of nitrogens with zero attached hydrogens (tertiary/aromatic N) is 1. The van der Waals surface area contributed by atoms with Crippen LogP contribution >= 0.6 is 0 Å². The Morgan fingerprint density at radius 1 is 0.892 bits per heavy atom. The summed E-state index contributed by atoms with van der Waals surface area (Å²) in [5, 5.41) is 2.71. The average Bonchev–Trinajstić information content (AvgIpc) is 2.89. The lowest BCUT2D eigenvalue weighted by Gasteiger charge is -2.40. The topological polar surface area (TPSA) is 77.1 Å². The number of anilines is 1. The summed E-state index contributed by atoms with van der Waals surface area (Å²) in [6.45, 7) is 0. The van der Waals surface area contributed by atoms with Crippen LogP contribution in [0.5, 0.6) is 17.2 Å². The minimum atomic E-state index is -4.50. The summed E-state index contributed by atoms with van der Waals surface area (Å²) < 4.78 is 55.0. The van der Waals surface area contributed by atoms with Gasteiger partial charge in [-0.2, -0.15) is 13.2 Å². The average molecular weight is 515 g/mol. The molecule has 1 aliphatic rings. The van der Waals surface area contributed by atoms with E-state index in [1.807, 2.05) is 0 Å². The largest absolute Gasteiger partial charge is 0.497 e. The highest BCUT2D eigenvalue weighted by molar-refractivity contribution is 6.05. The minimum Gasteiger partial charge on any atom is -0.497 e. The van der Waals surface area contributed by atoms with Crippen LogP contribution in [-0.2, 0) is 11.0 Å². The van der Waals surface area contributed by atoms with Crippen molar-refractivity contribution in [1.82, 2.24) is 4.90 Å². The second-order valence-corrected chi connectivity index (χ2v) is 8.47. The number of hydrogen-bond donors (Lipinski definition) is 1. The maximum atomic E-state index is 13.8. The molecule has 2 atom stereocenters. The van der Waals surface area contributed by atoms with Gasteiger partial charge in [-0.05, 0) is 59.7 Å². The minimum absolute atomic E-state index is 0.188. The quantitative estimate of drug-likeness (QED) is 0.485. The predicted molar refractivity (Wildman–Crippen MR) is 130 cm³/mol. The molecule has 0 saturated carbocycles. The van der Waals surface area contributed by atoms with Crippen molar-refractivity contribution in [2.75, 3.05) is 33.7 Å². The molecule has 0 aliphatic carbocycles. The molecule has 4 rings (SSSR count). The number of likely N-dealkylation sites (N-methyl/N-ethyl adjacent to an activating group) is 1. The van der Waals surface area contributed by atoms with Crippen LogP contribution in [-0.4, -0.2) is 45.1 Å². The third-order valence-corrected chi connectivity index (χ3v) is 6.39. The van der Waals surface area contributed by atoms with E-state index in [-0.39, 0.29) is 17.2 Å². The smallest absolute Gasteiger partial charge is 0.416 e. The van der Waals surface area contributed by atoms with Gasteiger partial charge in [-0.3, -0.25) is 9.59 Å². The molecule has 0 bridgehead atoms. The van der Waals surface area contributed by atoms with Crippen molar-refractivity contribution in [3.05, 3.63) is 82.9 Å². The lowest BCUT2D eigenvalue weighted by atomic mass is 9.79. The maximum absolute atomic E-state index is 13.8. The third-order valence-electron chi connectivity index (χ3n) is 6.39. The summed E-state index contributed by atoms with van der Waals surface area (Å²) in [7, 11) is 6.01. The van der Waals surface area contributed by atoms with Crippen LogP contribution in [0.1, 0.15) is 39.0 Å². The number of halogens is 3. The first-order valence-electron chi connectivity index (χ1n) is 11.2. The molecule has 3 aromatic carbocycles. The van der Waals surface area contributed by atoms with Gasteiger partial charge in [0, 0.05) is 18.3 Å². The Morgan fingerprint density at radius 2 is 1.49 bits per heavy atom. The fourth-order valence-corrected chi connectivity index (χ4v) is 4.51. The molecule has 2 amide bonds. The number of hydrogen-bond acceptors (Lipinski definition) is 5. The Kier molecular flexibility index (Phi) is 7.02. The zero-order valence-electron chi connectivity index (χ0n) is 20.6. The van der Waals surface area contributed by atoms with Gasteiger partial charge in [-0.1, -0.05) is 12.1 Å². The molecule has 0 fully saturated rings. The van der Waals surface area contributed by atoms with Crippen LogP contribution in [0.25, 0.3) is 0 Å². The van der Waals surface area contributed by atoms with Gasteiger partial charge in [-0.25, -0.2) is 0 Å². The van der Waals surface area contributed by atoms with Gasteiger partial charge in [0.05, 0.1) is 38.9 Å². The highest BCUT2D eigenvalue weighted by Crippen LogP contribution is 2.46. The van der Waals surface area contributed by atoms with Crippen molar-refractivity contribution in [1.29, 1.82) is 0 Å². The van der Waals surface area contributed by atoms with Gasteiger partial charge in [-0.15, -0.1) is 0 Å². The monoisotopic (exact) mass is 514 g/mol. The maximum Gasteiger partial charge on any atom is 0.416 e. The summed E-state index contributed by atoms with van der Waals surface area (Å²) in [5.74, 6) is -0.491. The van der Waals surface area contributed by atoms with E-state index in [9.17, 15) is 22.8 Å². The van der Waals surface area contributed by atoms with Crippen molar-refractivity contribution in [3.63, 3.8) is 0 Å². The molecule has 37 heavy (non-hydrogen) atoms. The molecule has 0 spiro atoms. The summed E-state index contributed by atoms with van der Waals surface area (Å²) in [5.41, 5.74) is 0.702. The van der Waals surface area contributed by atoms with Crippen molar-refractivity contribution in [2.45, 2.75) is 18.1 Å². The molecule has 0 unspecified atom stereocenters. The zero-order chi connectivity index (χ0) is 26.9. The number of alkyl halides is 3. The van der Waals surface area contributed by atoms with Gasteiger partial charge >= 0.3 is 6.18 Å². The van der Waals surface area contributed by atoms with Crippen molar-refractivity contribution in [3.8, 4) is 17.2 Å². The zero-order valence-corrected chi connectivity index (χ0v) is 20.6. The van der Waals surface area contributed by atoms with Crippen LogP contribution < -0.4 is 19.5 Å². The Morgan fingerprint density at radius 3 is 2.03 bits per heavy atom. The fourth-order valence-electron chi connectivity index (χ4n) is 4.51. The summed E-state index contributed by atoms with van der Waals surface area (Å²) in [4.78, 5) is 28.6. The van der Waals surface area contributed by atoms with Gasteiger partial charge in [0.2, 0.25) is 5.91 Å². The molecule has 0 aromatic heterocycles. The highest BCUT2D eigenvalue weighted by atomic mass is 19.4. The first kappa shape index (κ1) is 25.9. The van der Waals surface area contributed by atoms with E-state index in [4.69, 9.17) is 14.2 Å². The molecule has 3 aromatic rings. The van der Waals surface area contributed by atoms with E-state index >= 15 is 0 Å². The second-order valence-electron chi connectivity index (χ2n) is 8.47. The molecule has 194 valence electrons. The van der Waals surface area contributed by atoms with Crippen LogP contribution in [0, 0.1) is 0 Å². The molecule has 0 saturated heterocycles. The highest BCUT2D eigenvalue weighted by Gasteiger charge is 2.43. The van der Waals surface area contributed by atoms with E-state index in [0.717, 1.165) is 12.1 Å². The Hall–Kier alpha value is -4.21. The second kappa shape index (κ2) is 10.0. The lowest BCUT2D eigenvalue weighted by molar-refractivity contribution is -0.137. The number of nitrogens with one attached hydrogen (secondary N) is 1. The summed E-state index contributed by atoms with van der Waals surface area (Å²) >= 11 is 0. The van der Waals surface area contributed by atoms with E-state index in [2.05, 4.69) is 5.32 Å². The lowest BCUT2D eigenvalue weighted by Crippen LogP contribution is -2.44. The van der Waals surface area contributed by atoms with E-state index in [1.54, 1.807) is 37.4 Å². The summed E-state index contributed by atoms with van der Waals surface area (Å²) in [6.07, 6.45) is -4.50. The number of carbonyl (C=O) groups excluding carboxylic acids is 2. The van der Waals surface area contributed by atoms with E-state index in [0.29, 0.717) is 28.4 Å². The van der Waals surface area contributed by atoms with Gasteiger partial charge in [0.1, 0.15) is 5.75 Å². The molecule has 7 nitrogen and oxygen atoms in total. The van der Waals surface area contributed by atoms with Crippen molar-refractivity contribution < 1.29 is 37.0 Å². The third kappa shape index (κ3) is 4.91. The fraction of sp³-hybridized carbons (Fsp3) is 0.259. The SMILES string of the molecule is COc1ccc([C@H]2[C@@H](C(=O)Nc3ccc(C(F)(F)F)cc3)c3cc(OC)c(OC)cc3C(=O)N2C)cc1. The van der Waals surface area contributed by atoms with Gasteiger partial charge in [0.25, 0.3) is 5.91 Å².